The Morgan fingerprint density at radius 1 is 1.45 bits per heavy atom. The Morgan fingerprint density at radius 3 is 2.65 bits per heavy atom. The predicted octanol–water partition coefficient (Wildman–Crippen LogP) is 3.76. The number of carbonyl (C=O) groups is 1. The van der Waals surface area contributed by atoms with Crippen LogP contribution in [-0.2, 0) is 0 Å². The first-order valence-electron chi connectivity index (χ1n) is 6.49. The molecule has 0 spiro atoms. The molecule has 1 aromatic carbocycles. The summed E-state index contributed by atoms with van der Waals surface area (Å²) < 4.78 is 18.8. The quantitative estimate of drug-likeness (QED) is 0.825. The average molecular weight is 346 g/mol. The van der Waals surface area contributed by atoms with E-state index in [0.717, 1.165) is 6.42 Å². The predicted molar refractivity (Wildman–Crippen MR) is 82.1 cm³/mol. The lowest BCUT2D eigenvalue weighted by Gasteiger charge is -2.22. The van der Waals surface area contributed by atoms with Gasteiger partial charge in [-0.3, -0.25) is 4.79 Å². The molecular weight excluding hydrogens is 325 g/mol. The molecule has 0 aliphatic rings. The molecule has 0 aliphatic heterocycles. The summed E-state index contributed by atoms with van der Waals surface area (Å²) >= 11 is 3.53. The molecule has 0 aliphatic carbocycles. The highest BCUT2D eigenvalue weighted by Gasteiger charge is 2.20. The third-order valence-corrected chi connectivity index (χ3v) is 3.39. The van der Waals surface area contributed by atoms with Gasteiger partial charge in [-0.05, 0) is 24.0 Å². The Bertz CT molecular complexity index is 471. The Morgan fingerprint density at radius 2 is 2.10 bits per heavy atom. The van der Waals surface area contributed by atoms with Crippen LogP contribution in [0, 0.1) is 11.2 Å². The topological polar surface area (TPSA) is 38.3 Å². The molecule has 0 aromatic heterocycles. The molecule has 20 heavy (non-hydrogen) atoms. The molecule has 1 rings (SSSR count). The van der Waals surface area contributed by atoms with Gasteiger partial charge in [0, 0.05) is 11.4 Å². The second kappa shape index (κ2) is 7.07. The summed E-state index contributed by atoms with van der Waals surface area (Å²) in [5, 5.41) is 2.73. The molecule has 5 heteroatoms. The average Bonchev–Trinajstić information content (AvgIpc) is 2.33. The van der Waals surface area contributed by atoms with Gasteiger partial charge in [-0.15, -0.1) is 0 Å². The molecule has 3 nitrogen and oxygen atoms in total. The first kappa shape index (κ1) is 17.0. The van der Waals surface area contributed by atoms with Gasteiger partial charge in [-0.25, -0.2) is 4.39 Å². The molecule has 0 saturated carbocycles. The van der Waals surface area contributed by atoms with Crippen molar-refractivity contribution in [2.24, 2.45) is 5.41 Å². The van der Waals surface area contributed by atoms with Gasteiger partial charge in [-0.1, -0.05) is 42.8 Å². The van der Waals surface area contributed by atoms with Crippen molar-refractivity contribution in [3.63, 3.8) is 0 Å². The number of amides is 1. The molecule has 0 radical (unpaired) electrons. The van der Waals surface area contributed by atoms with Gasteiger partial charge in [0.25, 0.3) is 5.91 Å². The van der Waals surface area contributed by atoms with Crippen molar-refractivity contribution < 1.29 is 13.9 Å². The molecule has 0 saturated heterocycles. The summed E-state index contributed by atoms with van der Waals surface area (Å²) in [5.41, 5.74) is 0.111. The van der Waals surface area contributed by atoms with Crippen LogP contribution in [0.1, 0.15) is 37.6 Å². The summed E-state index contributed by atoms with van der Waals surface area (Å²) in [6.45, 7) is 6.82. The zero-order valence-electron chi connectivity index (χ0n) is 12.3. The highest BCUT2D eigenvalue weighted by atomic mass is 79.9. The molecule has 112 valence electrons. The fourth-order valence-electron chi connectivity index (χ4n) is 1.92. The van der Waals surface area contributed by atoms with Gasteiger partial charge in [0.2, 0.25) is 0 Å². The number of halogens is 2. The number of rotatable bonds is 5. The van der Waals surface area contributed by atoms with Gasteiger partial charge < -0.3 is 10.1 Å². The second-order valence-corrected chi connectivity index (χ2v) is 7.18. The van der Waals surface area contributed by atoms with Gasteiger partial charge in [-0.2, -0.15) is 0 Å². The third-order valence-electron chi connectivity index (χ3n) is 2.74. The Kier molecular flexibility index (Phi) is 5.99. The van der Waals surface area contributed by atoms with Crippen LogP contribution >= 0.6 is 15.9 Å². The Hall–Kier alpha value is -1.10. The van der Waals surface area contributed by atoms with E-state index in [1.54, 1.807) is 6.07 Å². The minimum absolute atomic E-state index is 0.0505. The second-order valence-electron chi connectivity index (χ2n) is 5.89. The number of methoxy groups -OCH3 is 1. The number of hydrogen-bond donors (Lipinski definition) is 1. The normalized spacial score (nSPS) is 12.9. The van der Waals surface area contributed by atoms with Crippen molar-refractivity contribution >= 4 is 21.8 Å². The van der Waals surface area contributed by atoms with E-state index < -0.39 is 11.7 Å². The van der Waals surface area contributed by atoms with E-state index in [2.05, 4.69) is 42.0 Å². The summed E-state index contributed by atoms with van der Waals surface area (Å²) in [6, 6.07) is 4.33. The molecule has 1 N–H and O–H groups in total. The lowest BCUT2D eigenvalue weighted by molar-refractivity contribution is 0.0945. The third kappa shape index (κ3) is 5.12. The van der Waals surface area contributed by atoms with Crippen LogP contribution in [0.25, 0.3) is 0 Å². The maximum Gasteiger partial charge on any atom is 0.258 e. The monoisotopic (exact) mass is 345 g/mol. The van der Waals surface area contributed by atoms with E-state index in [1.165, 1.54) is 19.2 Å². The number of alkyl halides is 1. The molecule has 1 aromatic rings. The van der Waals surface area contributed by atoms with Crippen LogP contribution in [-0.4, -0.2) is 24.4 Å². The molecule has 0 heterocycles. The Balaban J connectivity index is 2.68. The SMILES string of the molecule is COc1cccc(F)c1C(=O)NCC(Br)CC(C)(C)C. The summed E-state index contributed by atoms with van der Waals surface area (Å²) in [7, 11) is 1.42. The number of ether oxygens (including phenoxy) is 1. The number of nitrogens with one attached hydrogen (secondary N) is 1. The van der Waals surface area contributed by atoms with Gasteiger partial charge in [0.1, 0.15) is 17.1 Å². The van der Waals surface area contributed by atoms with Crippen LogP contribution in [0.15, 0.2) is 18.2 Å². The van der Waals surface area contributed by atoms with Crippen molar-refractivity contribution in [1.29, 1.82) is 0 Å². The summed E-state index contributed by atoms with van der Waals surface area (Å²) in [5.74, 6) is -0.799. The maximum absolute atomic E-state index is 13.7. The number of carbonyl (C=O) groups excluding carboxylic acids is 1. The van der Waals surface area contributed by atoms with Crippen LogP contribution in [0.4, 0.5) is 4.39 Å². The minimum atomic E-state index is -0.580. The van der Waals surface area contributed by atoms with Crippen molar-refractivity contribution in [2.75, 3.05) is 13.7 Å². The molecule has 1 atom stereocenters. The fraction of sp³-hybridized carbons (Fsp3) is 0.533. The smallest absolute Gasteiger partial charge is 0.258 e. The van der Waals surface area contributed by atoms with Crippen LogP contribution in [0.3, 0.4) is 0 Å². The van der Waals surface area contributed by atoms with E-state index >= 15 is 0 Å². The highest BCUT2D eigenvalue weighted by Crippen LogP contribution is 2.25. The van der Waals surface area contributed by atoms with E-state index in [1.807, 2.05) is 0 Å². The van der Waals surface area contributed by atoms with Gasteiger partial charge in [0.05, 0.1) is 7.11 Å². The first-order chi connectivity index (χ1) is 9.24. The Labute approximate surface area is 128 Å². The van der Waals surface area contributed by atoms with Crippen molar-refractivity contribution in [3.05, 3.63) is 29.6 Å². The molecule has 1 unspecified atom stereocenters. The molecule has 1 amide bonds. The van der Waals surface area contributed by atoms with Crippen molar-refractivity contribution in [2.45, 2.75) is 32.0 Å². The maximum atomic E-state index is 13.7. The molecular formula is C15H21BrFNO2. The summed E-state index contributed by atoms with van der Waals surface area (Å²) in [4.78, 5) is 12.2. The standard InChI is InChI=1S/C15H21BrFNO2/c1-15(2,3)8-10(16)9-18-14(19)13-11(17)6-5-7-12(13)20-4/h5-7,10H,8-9H2,1-4H3,(H,18,19). The van der Waals surface area contributed by atoms with Gasteiger partial charge >= 0.3 is 0 Å². The van der Waals surface area contributed by atoms with Crippen LogP contribution in [0.2, 0.25) is 0 Å². The number of hydrogen-bond acceptors (Lipinski definition) is 2. The number of benzene rings is 1. The first-order valence-corrected chi connectivity index (χ1v) is 7.41. The van der Waals surface area contributed by atoms with E-state index in [4.69, 9.17) is 4.74 Å². The fourth-order valence-corrected chi connectivity index (χ4v) is 3.06. The largest absolute Gasteiger partial charge is 0.496 e. The van der Waals surface area contributed by atoms with Crippen molar-refractivity contribution in [1.82, 2.24) is 5.32 Å². The minimum Gasteiger partial charge on any atom is -0.496 e. The van der Waals surface area contributed by atoms with E-state index in [9.17, 15) is 9.18 Å². The zero-order chi connectivity index (χ0) is 15.3. The van der Waals surface area contributed by atoms with Crippen LogP contribution in [0.5, 0.6) is 5.75 Å². The zero-order valence-corrected chi connectivity index (χ0v) is 13.9. The van der Waals surface area contributed by atoms with Gasteiger partial charge in [0.15, 0.2) is 0 Å². The van der Waals surface area contributed by atoms with E-state index in [-0.39, 0.29) is 21.6 Å². The highest BCUT2D eigenvalue weighted by molar-refractivity contribution is 9.09. The molecule has 0 fully saturated rings. The van der Waals surface area contributed by atoms with Crippen molar-refractivity contribution in [3.8, 4) is 5.75 Å². The summed E-state index contributed by atoms with van der Waals surface area (Å²) in [6.07, 6.45) is 0.904. The van der Waals surface area contributed by atoms with Crippen LogP contribution < -0.4 is 10.1 Å². The lowest BCUT2D eigenvalue weighted by Crippen LogP contribution is -2.32. The molecule has 0 bridgehead atoms. The lowest BCUT2D eigenvalue weighted by atomic mass is 9.90. The van der Waals surface area contributed by atoms with E-state index in [0.29, 0.717) is 6.54 Å².